The zero-order chi connectivity index (χ0) is 36.9. The number of methoxy groups -OCH3 is 2. The second kappa shape index (κ2) is 15.8. The highest BCUT2D eigenvalue weighted by molar-refractivity contribution is 6.39. The second-order valence-corrected chi connectivity index (χ2v) is 13.4. The molecule has 0 saturated carbocycles. The monoisotopic (exact) mass is 732 g/mol. The number of carbonyl (C=O) groups is 3. The zero-order valence-electron chi connectivity index (χ0n) is 28.9. The Labute approximate surface area is 306 Å². The molecule has 0 bridgehead atoms. The van der Waals surface area contributed by atoms with Crippen LogP contribution in [-0.2, 0) is 16.1 Å². The fourth-order valence-electron chi connectivity index (χ4n) is 5.46. The van der Waals surface area contributed by atoms with Gasteiger partial charge in [0.25, 0.3) is 5.91 Å². The lowest BCUT2D eigenvalue weighted by Crippen LogP contribution is -2.43. The summed E-state index contributed by atoms with van der Waals surface area (Å²) < 4.78 is 16.7. The van der Waals surface area contributed by atoms with E-state index >= 15 is 0 Å². The standard InChI is InChI=1S/C37H38Cl2N6O6/c1-7-21-18-41-28(17-29(21)49-5)34(47)43-27-10-8-9-25(31(27)38)33-32(39)24(15-16-40-33)26-13-11-22(35(44-26)50-6)19-45(36(48)51-37(2,3)4)20-23-12-14-30(46)42-23/h7-11,13,15-18,23H,1,12,14,19-20H2,2-6H3,(H,42,46)(H,43,47)/t23-/m0/s1. The number of carbonyl (C=O) groups excluding carboxylic acids is 3. The number of anilines is 1. The minimum absolute atomic E-state index is 0.0489. The molecule has 51 heavy (non-hydrogen) atoms. The Morgan fingerprint density at radius 3 is 2.53 bits per heavy atom. The molecule has 266 valence electrons. The first-order chi connectivity index (χ1) is 24.3. The van der Waals surface area contributed by atoms with Crippen LogP contribution in [0.25, 0.3) is 28.6 Å². The van der Waals surface area contributed by atoms with Crippen molar-refractivity contribution in [3.05, 3.63) is 88.3 Å². The van der Waals surface area contributed by atoms with Gasteiger partial charge in [-0.3, -0.25) is 19.6 Å². The van der Waals surface area contributed by atoms with E-state index in [1.54, 1.807) is 69.4 Å². The highest BCUT2D eigenvalue weighted by atomic mass is 35.5. The molecule has 12 nitrogen and oxygen atoms in total. The van der Waals surface area contributed by atoms with E-state index < -0.39 is 17.6 Å². The number of nitrogens with one attached hydrogen (secondary N) is 2. The second-order valence-electron chi connectivity index (χ2n) is 12.7. The smallest absolute Gasteiger partial charge is 0.410 e. The van der Waals surface area contributed by atoms with Crippen LogP contribution in [0.1, 0.15) is 55.2 Å². The molecular formula is C37H38Cl2N6O6. The molecule has 1 aromatic carbocycles. The number of amides is 3. The highest BCUT2D eigenvalue weighted by Crippen LogP contribution is 2.40. The van der Waals surface area contributed by atoms with Crippen LogP contribution in [0.15, 0.2) is 61.4 Å². The van der Waals surface area contributed by atoms with E-state index in [2.05, 4.69) is 27.2 Å². The summed E-state index contributed by atoms with van der Waals surface area (Å²) in [5.74, 6) is 0.188. The van der Waals surface area contributed by atoms with E-state index in [4.69, 9.17) is 42.4 Å². The minimum atomic E-state index is -0.715. The summed E-state index contributed by atoms with van der Waals surface area (Å²) in [6, 6.07) is 11.7. The average molecular weight is 734 g/mol. The van der Waals surface area contributed by atoms with Crippen molar-refractivity contribution in [3.8, 4) is 34.1 Å². The van der Waals surface area contributed by atoms with Crippen molar-refractivity contribution < 1.29 is 28.6 Å². The molecule has 1 aliphatic heterocycles. The molecule has 1 fully saturated rings. The molecule has 2 N–H and O–H groups in total. The molecule has 3 aromatic heterocycles. The van der Waals surface area contributed by atoms with Crippen molar-refractivity contribution in [2.45, 2.75) is 51.8 Å². The third-order valence-electron chi connectivity index (χ3n) is 7.91. The number of hydrogen-bond donors (Lipinski definition) is 2. The molecule has 4 heterocycles. The van der Waals surface area contributed by atoms with Crippen LogP contribution >= 0.6 is 23.2 Å². The van der Waals surface area contributed by atoms with Gasteiger partial charge in [0.05, 0.1) is 47.9 Å². The topological polar surface area (TPSA) is 145 Å². The summed E-state index contributed by atoms with van der Waals surface area (Å²) in [4.78, 5) is 53.2. The van der Waals surface area contributed by atoms with Gasteiger partial charge in [0, 0.05) is 59.7 Å². The Bertz CT molecular complexity index is 1980. The van der Waals surface area contributed by atoms with Crippen molar-refractivity contribution >= 4 is 52.9 Å². The molecule has 1 saturated heterocycles. The Balaban J connectivity index is 1.41. The number of rotatable bonds is 11. The third kappa shape index (κ3) is 8.76. The van der Waals surface area contributed by atoms with Gasteiger partial charge < -0.3 is 29.7 Å². The van der Waals surface area contributed by atoms with E-state index in [1.165, 1.54) is 31.4 Å². The summed E-state index contributed by atoms with van der Waals surface area (Å²) >= 11 is 13.8. The number of ether oxygens (including phenoxy) is 3. The van der Waals surface area contributed by atoms with Gasteiger partial charge in [-0.1, -0.05) is 48.0 Å². The fourth-order valence-corrected chi connectivity index (χ4v) is 6.03. The quantitative estimate of drug-likeness (QED) is 0.161. The number of pyridine rings is 3. The van der Waals surface area contributed by atoms with Crippen LogP contribution in [0, 0.1) is 0 Å². The molecule has 1 aliphatic rings. The molecule has 5 rings (SSSR count). The number of hydrogen-bond acceptors (Lipinski definition) is 9. The largest absolute Gasteiger partial charge is 0.496 e. The van der Waals surface area contributed by atoms with E-state index in [1.807, 2.05) is 0 Å². The van der Waals surface area contributed by atoms with Gasteiger partial charge in [-0.15, -0.1) is 0 Å². The molecule has 0 radical (unpaired) electrons. The lowest BCUT2D eigenvalue weighted by molar-refractivity contribution is -0.119. The summed E-state index contributed by atoms with van der Waals surface area (Å²) in [5.41, 5.74) is 2.89. The molecule has 14 heteroatoms. The van der Waals surface area contributed by atoms with Crippen LogP contribution in [0.5, 0.6) is 11.6 Å². The normalized spacial score (nSPS) is 14.0. The number of halogens is 2. The molecular weight excluding hydrogens is 695 g/mol. The number of aromatic nitrogens is 3. The van der Waals surface area contributed by atoms with Crippen LogP contribution < -0.4 is 20.1 Å². The first kappa shape index (κ1) is 37.1. The lowest BCUT2D eigenvalue weighted by atomic mass is 10.1. The van der Waals surface area contributed by atoms with E-state index in [9.17, 15) is 14.4 Å². The maximum Gasteiger partial charge on any atom is 0.410 e. The fraction of sp³-hybridized carbons (Fsp3) is 0.297. The van der Waals surface area contributed by atoms with Gasteiger partial charge in [0.2, 0.25) is 11.8 Å². The number of benzene rings is 1. The van der Waals surface area contributed by atoms with Gasteiger partial charge >= 0.3 is 6.09 Å². The van der Waals surface area contributed by atoms with Gasteiger partial charge in [0.15, 0.2) is 0 Å². The minimum Gasteiger partial charge on any atom is -0.496 e. The summed E-state index contributed by atoms with van der Waals surface area (Å²) in [6.07, 6.45) is 5.16. The van der Waals surface area contributed by atoms with Crippen molar-refractivity contribution in [2.75, 3.05) is 26.1 Å². The Morgan fingerprint density at radius 2 is 1.86 bits per heavy atom. The van der Waals surface area contributed by atoms with Gasteiger partial charge in [0.1, 0.15) is 17.0 Å². The molecule has 0 aliphatic carbocycles. The molecule has 0 unspecified atom stereocenters. The Kier molecular flexibility index (Phi) is 11.5. The van der Waals surface area contributed by atoms with Crippen molar-refractivity contribution in [1.29, 1.82) is 0 Å². The Morgan fingerprint density at radius 1 is 1.08 bits per heavy atom. The first-order valence-corrected chi connectivity index (χ1v) is 16.8. The van der Waals surface area contributed by atoms with Crippen molar-refractivity contribution in [1.82, 2.24) is 25.2 Å². The predicted molar refractivity (Wildman–Crippen MR) is 196 cm³/mol. The van der Waals surface area contributed by atoms with Crippen LogP contribution in [0.4, 0.5) is 10.5 Å². The van der Waals surface area contributed by atoms with Crippen LogP contribution in [0.2, 0.25) is 10.0 Å². The first-order valence-electron chi connectivity index (χ1n) is 16.0. The predicted octanol–water partition coefficient (Wildman–Crippen LogP) is 7.44. The summed E-state index contributed by atoms with van der Waals surface area (Å²) in [6.45, 7) is 9.50. The SMILES string of the molecule is C=Cc1cnc(C(=O)Nc2cccc(-c3nccc(-c4ccc(CN(C[C@@H]5CCC(=O)N5)C(=O)OC(C)(C)C)c(OC)n4)c3Cl)c2Cl)cc1OC. The summed E-state index contributed by atoms with van der Waals surface area (Å²) in [7, 11) is 2.99. The van der Waals surface area contributed by atoms with Gasteiger partial charge in [-0.05, 0) is 51.5 Å². The van der Waals surface area contributed by atoms with Gasteiger partial charge in [-0.25, -0.2) is 9.78 Å². The van der Waals surface area contributed by atoms with E-state index in [0.29, 0.717) is 57.9 Å². The maximum absolute atomic E-state index is 13.2. The zero-order valence-corrected chi connectivity index (χ0v) is 30.4. The average Bonchev–Trinajstić information content (AvgIpc) is 3.52. The maximum atomic E-state index is 13.2. The molecule has 3 amide bonds. The molecule has 4 aromatic rings. The Hall–Kier alpha value is -5.20. The van der Waals surface area contributed by atoms with Gasteiger partial charge in [-0.2, -0.15) is 0 Å². The molecule has 0 spiro atoms. The van der Waals surface area contributed by atoms with Crippen LogP contribution in [0.3, 0.4) is 0 Å². The van der Waals surface area contributed by atoms with E-state index in [0.717, 1.165) is 0 Å². The summed E-state index contributed by atoms with van der Waals surface area (Å²) in [5, 5.41) is 6.19. The lowest BCUT2D eigenvalue weighted by Gasteiger charge is -2.29. The third-order valence-corrected chi connectivity index (χ3v) is 8.70. The van der Waals surface area contributed by atoms with Crippen LogP contribution in [-0.4, -0.2) is 70.2 Å². The van der Waals surface area contributed by atoms with Crippen molar-refractivity contribution in [2.24, 2.45) is 0 Å². The van der Waals surface area contributed by atoms with Crippen molar-refractivity contribution in [3.63, 3.8) is 0 Å². The van der Waals surface area contributed by atoms with E-state index in [-0.39, 0.29) is 46.7 Å². The highest BCUT2D eigenvalue weighted by Gasteiger charge is 2.29. The number of nitrogens with zero attached hydrogens (tertiary/aromatic N) is 4. The molecule has 1 atom stereocenters.